The fourth-order valence-corrected chi connectivity index (χ4v) is 2.84. The van der Waals surface area contributed by atoms with Crippen LogP contribution in [0.25, 0.3) is 10.9 Å². The van der Waals surface area contributed by atoms with Gasteiger partial charge in [0, 0.05) is 19.0 Å². The monoisotopic (exact) mass is 343 g/mol. The molecule has 1 aliphatic heterocycles. The van der Waals surface area contributed by atoms with Gasteiger partial charge < -0.3 is 10.1 Å². The quantitative estimate of drug-likeness (QED) is 0.829. The van der Waals surface area contributed by atoms with Crippen LogP contribution in [0.1, 0.15) is 42.9 Å². The number of esters is 1. The van der Waals surface area contributed by atoms with Crippen LogP contribution in [0.5, 0.6) is 0 Å². The van der Waals surface area contributed by atoms with Gasteiger partial charge in [-0.2, -0.15) is 0 Å². The molecule has 2 heterocycles. The van der Waals surface area contributed by atoms with E-state index < -0.39 is 5.97 Å². The van der Waals surface area contributed by atoms with Crippen molar-refractivity contribution in [3.05, 3.63) is 39.9 Å². The molecule has 0 radical (unpaired) electrons. The number of carbonyl (C=O) groups excluding carboxylic acids is 2. The van der Waals surface area contributed by atoms with Crippen molar-refractivity contribution in [2.24, 2.45) is 0 Å². The number of nitrogens with zero attached hydrogens (tertiary/aromatic N) is 2. The fraction of sp³-hybridized carbons (Fsp3) is 0.444. The molecule has 7 heteroatoms. The van der Waals surface area contributed by atoms with Crippen molar-refractivity contribution in [2.75, 3.05) is 6.61 Å². The van der Waals surface area contributed by atoms with Gasteiger partial charge in [-0.25, -0.2) is 9.78 Å². The van der Waals surface area contributed by atoms with E-state index in [1.807, 2.05) is 13.8 Å². The number of hydrogen-bond acceptors (Lipinski definition) is 5. The fourth-order valence-electron chi connectivity index (χ4n) is 2.84. The Balaban J connectivity index is 1.75. The van der Waals surface area contributed by atoms with E-state index in [2.05, 4.69) is 10.3 Å². The number of rotatable bonds is 5. The van der Waals surface area contributed by atoms with Crippen LogP contribution >= 0.6 is 0 Å². The molecule has 0 bridgehead atoms. The lowest BCUT2D eigenvalue weighted by atomic mass is 10.1. The number of ether oxygens (including phenoxy) is 1. The van der Waals surface area contributed by atoms with Gasteiger partial charge in [0.15, 0.2) is 6.61 Å². The zero-order valence-corrected chi connectivity index (χ0v) is 14.4. The van der Waals surface area contributed by atoms with Crippen molar-refractivity contribution >= 4 is 22.8 Å². The van der Waals surface area contributed by atoms with Gasteiger partial charge in [0.2, 0.25) is 0 Å². The average molecular weight is 343 g/mol. The second-order valence-electron chi connectivity index (χ2n) is 6.27. The van der Waals surface area contributed by atoms with Crippen molar-refractivity contribution in [3.63, 3.8) is 0 Å². The first-order valence-electron chi connectivity index (χ1n) is 8.49. The summed E-state index contributed by atoms with van der Waals surface area (Å²) in [5.41, 5.74) is 0.681. The highest BCUT2D eigenvalue weighted by molar-refractivity contribution is 5.95. The van der Waals surface area contributed by atoms with E-state index in [0.717, 1.165) is 25.1 Å². The third-order valence-corrected chi connectivity index (χ3v) is 4.41. The Morgan fingerprint density at radius 3 is 2.96 bits per heavy atom. The molecule has 0 aliphatic carbocycles. The van der Waals surface area contributed by atoms with Gasteiger partial charge in [-0.15, -0.1) is 0 Å². The molecule has 3 rings (SSSR count). The molecule has 132 valence electrons. The maximum atomic E-state index is 12.4. The minimum atomic E-state index is -0.608. The number of fused-ring (bicyclic) bond motifs is 2. The smallest absolute Gasteiger partial charge is 0.338 e. The summed E-state index contributed by atoms with van der Waals surface area (Å²) in [5.74, 6) is -0.197. The molecule has 25 heavy (non-hydrogen) atoms. The third-order valence-electron chi connectivity index (χ3n) is 4.41. The molecule has 0 saturated heterocycles. The lowest BCUT2D eigenvalue weighted by Gasteiger charge is -2.11. The number of aryl methyl sites for hydroxylation is 1. The summed E-state index contributed by atoms with van der Waals surface area (Å²) in [6.07, 6.45) is 2.46. The zero-order valence-electron chi connectivity index (χ0n) is 14.4. The van der Waals surface area contributed by atoms with Crippen LogP contribution in [0.15, 0.2) is 23.0 Å². The van der Waals surface area contributed by atoms with Gasteiger partial charge in [-0.1, -0.05) is 6.92 Å². The highest BCUT2D eigenvalue weighted by atomic mass is 16.5. The van der Waals surface area contributed by atoms with Gasteiger partial charge in [-0.3, -0.25) is 14.2 Å². The molecule has 1 aromatic carbocycles. The zero-order chi connectivity index (χ0) is 18.0. The Bertz CT molecular complexity index is 888. The van der Waals surface area contributed by atoms with E-state index in [4.69, 9.17) is 4.74 Å². The molecule has 2 aromatic rings. The van der Waals surface area contributed by atoms with Crippen LogP contribution in [-0.4, -0.2) is 34.1 Å². The molecule has 0 spiro atoms. The van der Waals surface area contributed by atoms with Crippen LogP contribution in [0, 0.1) is 0 Å². The summed E-state index contributed by atoms with van der Waals surface area (Å²) in [5, 5.41) is 3.21. The van der Waals surface area contributed by atoms with Crippen molar-refractivity contribution in [3.8, 4) is 0 Å². The second-order valence-corrected chi connectivity index (χ2v) is 6.27. The number of amides is 1. The Morgan fingerprint density at radius 2 is 2.20 bits per heavy atom. The van der Waals surface area contributed by atoms with Gasteiger partial charge in [0.25, 0.3) is 11.5 Å². The van der Waals surface area contributed by atoms with Crippen LogP contribution in [-0.2, 0) is 22.5 Å². The van der Waals surface area contributed by atoms with Gasteiger partial charge in [0.1, 0.15) is 5.82 Å². The molecule has 1 amide bonds. The van der Waals surface area contributed by atoms with E-state index in [1.165, 1.54) is 6.07 Å². The summed E-state index contributed by atoms with van der Waals surface area (Å²) in [7, 11) is 0. The first-order valence-corrected chi connectivity index (χ1v) is 8.49. The normalized spacial score (nSPS) is 14.2. The molecule has 1 aromatic heterocycles. The number of aromatic nitrogens is 2. The van der Waals surface area contributed by atoms with Gasteiger partial charge in [0.05, 0.1) is 16.5 Å². The SMILES string of the molecule is CC[C@@H](C)NC(=O)COC(=O)c1ccc2c(=O)n3c(nc2c1)CCC3. The Hall–Kier alpha value is -2.70. The summed E-state index contributed by atoms with van der Waals surface area (Å²) in [6, 6.07) is 4.70. The topological polar surface area (TPSA) is 90.3 Å². The Kier molecular flexibility index (Phi) is 4.83. The van der Waals surface area contributed by atoms with Gasteiger partial charge in [-0.05, 0) is 38.0 Å². The van der Waals surface area contributed by atoms with Crippen LogP contribution < -0.4 is 10.9 Å². The molecule has 0 saturated carbocycles. The Labute approximate surface area is 145 Å². The molecule has 1 N–H and O–H groups in total. The molecule has 0 fully saturated rings. The standard InChI is InChI=1S/C18H21N3O4/c1-3-11(2)19-16(22)10-25-18(24)12-6-7-13-14(9-12)20-15-5-4-8-21(15)17(13)23/h6-7,9,11H,3-5,8,10H2,1-2H3,(H,19,22)/t11-/m1/s1. The molecular formula is C18H21N3O4. The maximum Gasteiger partial charge on any atom is 0.338 e. The first kappa shape index (κ1) is 17.1. The minimum absolute atomic E-state index is 0.0335. The highest BCUT2D eigenvalue weighted by Crippen LogP contribution is 2.16. The molecular weight excluding hydrogens is 322 g/mol. The number of benzene rings is 1. The van der Waals surface area contributed by atoms with E-state index >= 15 is 0 Å². The predicted molar refractivity (Wildman–Crippen MR) is 92.5 cm³/mol. The second kappa shape index (κ2) is 7.04. The maximum absolute atomic E-state index is 12.4. The molecule has 1 atom stereocenters. The molecule has 1 aliphatic rings. The lowest BCUT2D eigenvalue weighted by Crippen LogP contribution is -2.35. The van der Waals surface area contributed by atoms with E-state index in [0.29, 0.717) is 17.4 Å². The van der Waals surface area contributed by atoms with Crippen LogP contribution in [0.2, 0.25) is 0 Å². The summed E-state index contributed by atoms with van der Waals surface area (Å²) >= 11 is 0. The van der Waals surface area contributed by atoms with E-state index in [9.17, 15) is 14.4 Å². The Morgan fingerprint density at radius 1 is 1.40 bits per heavy atom. The number of hydrogen-bond donors (Lipinski definition) is 1. The lowest BCUT2D eigenvalue weighted by molar-refractivity contribution is -0.124. The van der Waals surface area contributed by atoms with Crippen molar-refractivity contribution in [1.82, 2.24) is 14.9 Å². The number of nitrogens with one attached hydrogen (secondary N) is 1. The molecule has 7 nitrogen and oxygen atoms in total. The van der Waals surface area contributed by atoms with Crippen LogP contribution in [0.4, 0.5) is 0 Å². The highest BCUT2D eigenvalue weighted by Gasteiger charge is 2.18. The van der Waals surface area contributed by atoms with E-state index in [1.54, 1.807) is 16.7 Å². The summed E-state index contributed by atoms with van der Waals surface area (Å²) in [6.45, 7) is 4.19. The molecule has 0 unspecified atom stereocenters. The minimum Gasteiger partial charge on any atom is -0.452 e. The third kappa shape index (κ3) is 3.55. The summed E-state index contributed by atoms with van der Waals surface area (Å²) < 4.78 is 6.73. The van der Waals surface area contributed by atoms with E-state index in [-0.39, 0.29) is 29.7 Å². The summed E-state index contributed by atoms with van der Waals surface area (Å²) in [4.78, 5) is 40.7. The van der Waals surface area contributed by atoms with Crippen molar-refractivity contribution in [1.29, 1.82) is 0 Å². The van der Waals surface area contributed by atoms with Crippen molar-refractivity contribution in [2.45, 2.75) is 45.7 Å². The average Bonchev–Trinajstić information content (AvgIpc) is 3.08. The van der Waals surface area contributed by atoms with Gasteiger partial charge >= 0.3 is 5.97 Å². The van der Waals surface area contributed by atoms with Crippen molar-refractivity contribution < 1.29 is 14.3 Å². The first-order chi connectivity index (χ1) is 12.0. The van der Waals surface area contributed by atoms with Crippen LogP contribution in [0.3, 0.4) is 0 Å². The number of carbonyl (C=O) groups is 2. The predicted octanol–water partition coefficient (Wildman–Crippen LogP) is 1.41. The largest absolute Gasteiger partial charge is 0.452 e.